The van der Waals surface area contributed by atoms with Crippen LogP contribution in [0.4, 0.5) is 0 Å². The molecule has 0 spiro atoms. The van der Waals surface area contributed by atoms with Gasteiger partial charge in [-0.25, -0.2) is 0 Å². The number of fused-ring (bicyclic) bond motifs is 1. The molecule has 0 aromatic rings. The van der Waals surface area contributed by atoms with Crippen molar-refractivity contribution in [1.82, 2.24) is 0 Å². The average Bonchev–Trinajstić information content (AvgIpc) is 2.76. The molecule has 1 fully saturated rings. The van der Waals surface area contributed by atoms with Crippen molar-refractivity contribution in [3.8, 4) is 0 Å². The van der Waals surface area contributed by atoms with Gasteiger partial charge in [-0.15, -0.1) is 0 Å². The highest BCUT2D eigenvalue weighted by Gasteiger charge is 2.57. The lowest BCUT2D eigenvalue weighted by Crippen LogP contribution is -2.44. The Bertz CT molecular complexity index is 451. The molecule has 0 nitrogen and oxygen atoms in total. The molecule has 1 saturated carbocycles. The third kappa shape index (κ3) is 3.10. The van der Waals surface area contributed by atoms with Crippen LogP contribution in [0.3, 0.4) is 0 Å². The van der Waals surface area contributed by atoms with Gasteiger partial charge in [-0.3, -0.25) is 0 Å². The van der Waals surface area contributed by atoms with Crippen LogP contribution in [0.1, 0.15) is 48.0 Å². The van der Waals surface area contributed by atoms with Crippen LogP contribution in [0.15, 0.2) is 24.3 Å². The topological polar surface area (TPSA) is 0 Å². The fraction of sp³-hybridized carbons (Fsp3) is 0.810. The largest absolute Gasteiger partial charge is 0.0809 e. The molecule has 0 saturated heterocycles. The lowest BCUT2D eigenvalue weighted by Gasteiger charge is -2.45. The van der Waals surface area contributed by atoms with Crippen LogP contribution in [0.25, 0.3) is 0 Å². The smallest absolute Gasteiger partial charge is 0.0564 e. The van der Waals surface area contributed by atoms with Gasteiger partial charge in [0.15, 0.2) is 0 Å². The van der Waals surface area contributed by atoms with E-state index in [0.29, 0.717) is 10.1 Å². The minimum atomic E-state index is -1.32. The van der Waals surface area contributed by atoms with Gasteiger partial charge in [0.05, 0.1) is 16.1 Å². The predicted molar refractivity (Wildman–Crippen MR) is 112 cm³/mol. The zero-order valence-electron chi connectivity index (χ0n) is 17.3. The van der Waals surface area contributed by atoms with Crippen LogP contribution in [-0.4, -0.2) is 16.1 Å². The Morgan fingerprint density at radius 2 is 0.957 bits per heavy atom. The molecule has 2 aliphatic rings. The van der Waals surface area contributed by atoms with E-state index in [2.05, 4.69) is 92.0 Å². The van der Waals surface area contributed by atoms with E-state index in [0.717, 1.165) is 22.9 Å². The molecule has 0 bridgehead atoms. The van der Waals surface area contributed by atoms with Gasteiger partial charge in [-0.2, -0.15) is 0 Å². The molecule has 4 atom stereocenters. The van der Waals surface area contributed by atoms with Gasteiger partial charge in [0.25, 0.3) is 0 Å². The molecule has 4 unspecified atom stereocenters. The number of hydrogen-bond acceptors (Lipinski definition) is 0. The van der Waals surface area contributed by atoms with Crippen LogP contribution in [-0.2, 0) is 0 Å². The molecule has 0 amide bonds. The van der Waals surface area contributed by atoms with Crippen molar-refractivity contribution < 1.29 is 0 Å². The van der Waals surface area contributed by atoms with Crippen molar-refractivity contribution >= 4 is 16.1 Å². The van der Waals surface area contributed by atoms with E-state index >= 15 is 0 Å². The molecule has 0 heterocycles. The van der Waals surface area contributed by atoms with E-state index < -0.39 is 16.1 Å². The maximum atomic E-state index is 2.66. The molecule has 0 aliphatic heterocycles. The number of rotatable bonds is 2. The fourth-order valence-electron chi connectivity index (χ4n) is 4.70. The Kier molecular flexibility index (Phi) is 4.79. The summed E-state index contributed by atoms with van der Waals surface area (Å²) in [5.41, 5.74) is 1.88. The second-order valence-corrected chi connectivity index (χ2v) is 22.7. The van der Waals surface area contributed by atoms with Gasteiger partial charge in [-0.05, 0) is 33.0 Å². The summed E-state index contributed by atoms with van der Waals surface area (Å²) in [7, 11) is -2.65. The summed E-state index contributed by atoms with van der Waals surface area (Å²) in [5, 5.41) is 0.971. The normalized spacial score (nSPS) is 32.3. The molecule has 132 valence electrons. The van der Waals surface area contributed by atoms with Crippen LogP contribution in [0, 0.1) is 11.8 Å². The second kappa shape index (κ2) is 5.73. The van der Waals surface area contributed by atoms with E-state index in [-0.39, 0.29) is 0 Å². The molecular weight excluding hydrogens is 308 g/mol. The Balaban J connectivity index is 2.44. The molecule has 2 rings (SSSR count). The summed E-state index contributed by atoms with van der Waals surface area (Å²) < 4.78 is 0. The highest BCUT2D eigenvalue weighted by molar-refractivity contribution is 6.83. The first-order chi connectivity index (χ1) is 10.2. The molecule has 0 aromatic heterocycles. The first kappa shape index (κ1) is 19.2. The van der Waals surface area contributed by atoms with Gasteiger partial charge in [-0.1, -0.05) is 98.5 Å². The van der Waals surface area contributed by atoms with E-state index in [4.69, 9.17) is 0 Å². The second-order valence-electron chi connectivity index (χ2n) is 11.3. The van der Waals surface area contributed by atoms with Gasteiger partial charge < -0.3 is 0 Å². The molecule has 0 radical (unpaired) electrons. The lowest BCUT2D eigenvalue weighted by molar-refractivity contribution is 0.520. The van der Waals surface area contributed by atoms with Crippen LogP contribution >= 0.6 is 0 Å². The average molecular weight is 349 g/mol. The maximum Gasteiger partial charge on any atom is 0.0564 e. The van der Waals surface area contributed by atoms with Gasteiger partial charge >= 0.3 is 0 Å². The van der Waals surface area contributed by atoms with E-state index in [9.17, 15) is 0 Å². The summed E-state index contributed by atoms with van der Waals surface area (Å²) in [6.45, 7) is 25.6. The highest BCUT2D eigenvalue weighted by atomic mass is 28.3. The minimum Gasteiger partial charge on any atom is -0.0809 e. The molecule has 0 aromatic carbocycles. The SMILES string of the molecule is CC(C)(C)[Si](C)(C)C1CC([Si](C)(C)C(C)(C)C)C2C=CC=CC21. The first-order valence-corrected chi connectivity index (χ1v) is 15.7. The van der Waals surface area contributed by atoms with Crippen LogP contribution in [0.5, 0.6) is 0 Å². The summed E-state index contributed by atoms with van der Waals surface area (Å²) in [4.78, 5) is 0. The van der Waals surface area contributed by atoms with Crippen LogP contribution in [0.2, 0.25) is 47.3 Å². The summed E-state index contributed by atoms with van der Waals surface area (Å²) in [5.74, 6) is 1.61. The Morgan fingerprint density at radius 1 is 0.652 bits per heavy atom. The number of hydrogen-bond donors (Lipinski definition) is 0. The van der Waals surface area contributed by atoms with Crippen molar-refractivity contribution in [3.63, 3.8) is 0 Å². The quantitative estimate of drug-likeness (QED) is 0.453. The zero-order chi connectivity index (χ0) is 17.8. The summed E-state index contributed by atoms with van der Waals surface area (Å²) >= 11 is 0. The predicted octanol–water partition coefficient (Wildman–Crippen LogP) is 7.51. The third-order valence-electron chi connectivity index (χ3n) is 8.38. The lowest BCUT2D eigenvalue weighted by atomic mass is 9.91. The molecule has 0 N–H and O–H groups in total. The van der Waals surface area contributed by atoms with Gasteiger partial charge in [0, 0.05) is 0 Å². The first-order valence-electron chi connectivity index (χ1n) is 9.56. The van der Waals surface area contributed by atoms with Crippen molar-refractivity contribution in [2.75, 3.05) is 0 Å². The highest BCUT2D eigenvalue weighted by Crippen LogP contribution is 2.64. The third-order valence-corrected chi connectivity index (χ3v) is 21.1. The van der Waals surface area contributed by atoms with E-state index in [1.54, 1.807) is 0 Å². The Morgan fingerprint density at radius 3 is 1.22 bits per heavy atom. The van der Waals surface area contributed by atoms with E-state index in [1.165, 1.54) is 6.42 Å². The van der Waals surface area contributed by atoms with E-state index in [1.807, 2.05) is 0 Å². The standard InChI is InChI=1S/C21H40Si2/c1-20(2,3)22(7,8)18-15-19(23(9,10)21(4,5)6)17-14-12-11-13-16(17)18/h11-14,16-19H,15H2,1-10H3. The van der Waals surface area contributed by atoms with Crippen LogP contribution < -0.4 is 0 Å². The van der Waals surface area contributed by atoms with Crippen molar-refractivity contribution in [3.05, 3.63) is 24.3 Å². The van der Waals surface area contributed by atoms with Gasteiger partial charge in [0.2, 0.25) is 0 Å². The summed E-state index contributed by atoms with van der Waals surface area (Å²) in [6, 6.07) is 0. The molecule has 2 heteroatoms. The number of allylic oxidation sites excluding steroid dienone is 4. The maximum absolute atomic E-state index is 2.66. The minimum absolute atomic E-state index is 0.486. The zero-order valence-corrected chi connectivity index (χ0v) is 19.3. The fourth-order valence-corrected chi connectivity index (χ4v) is 11.4. The molecular formula is C21H40Si2. The summed E-state index contributed by atoms with van der Waals surface area (Å²) in [6.07, 6.45) is 11.3. The molecule has 23 heavy (non-hydrogen) atoms. The molecule has 2 aliphatic carbocycles. The Labute approximate surface area is 147 Å². The van der Waals surface area contributed by atoms with Crippen molar-refractivity contribution in [2.24, 2.45) is 11.8 Å². The monoisotopic (exact) mass is 348 g/mol. The Hall–Kier alpha value is -0.0862. The van der Waals surface area contributed by atoms with Crippen molar-refractivity contribution in [1.29, 1.82) is 0 Å². The van der Waals surface area contributed by atoms with Gasteiger partial charge in [0.1, 0.15) is 0 Å². The van der Waals surface area contributed by atoms with Crippen molar-refractivity contribution in [2.45, 2.75) is 95.3 Å².